The fourth-order valence-electron chi connectivity index (χ4n) is 1.32. The van der Waals surface area contributed by atoms with Gasteiger partial charge in [-0.05, 0) is 43.5 Å². The zero-order valence-electron chi connectivity index (χ0n) is 8.22. The van der Waals surface area contributed by atoms with E-state index in [1.54, 1.807) is 0 Å². The van der Waals surface area contributed by atoms with E-state index in [2.05, 4.69) is 22.0 Å². The molecule has 14 heavy (non-hydrogen) atoms. The number of hydrogen-bond acceptors (Lipinski definition) is 2. The molecular weight excluding hydrogens is 242 g/mol. The van der Waals surface area contributed by atoms with E-state index in [1.807, 2.05) is 19.1 Å². The minimum Gasteiger partial charge on any atom is -0.492 e. The third-order valence-electron chi connectivity index (χ3n) is 2.43. The third kappa shape index (κ3) is 2.49. The summed E-state index contributed by atoms with van der Waals surface area (Å²) in [6, 6.07) is 6.05. The standard InChI is InChI=1S/C11H14BrNO/c1-8-4-9(12)6-10(5-8)14-7-11(13)2-3-11/h4-6H,2-3,7,13H2,1H3. The second kappa shape index (κ2) is 3.55. The largest absolute Gasteiger partial charge is 0.492 e. The number of rotatable bonds is 3. The van der Waals surface area contributed by atoms with E-state index in [4.69, 9.17) is 10.5 Å². The Morgan fingerprint density at radius 3 is 2.71 bits per heavy atom. The lowest BCUT2D eigenvalue weighted by Crippen LogP contribution is -2.29. The van der Waals surface area contributed by atoms with Crippen molar-refractivity contribution in [2.24, 2.45) is 5.73 Å². The van der Waals surface area contributed by atoms with Crippen molar-refractivity contribution in [1.82, 2.24) is 0 Å². The van der Waals surface area contributed by atoms with Crippen LogP contribution in [0, 0.1) is 6.92 Å². The summed E-state index contributed by atoms with van der Waals surface area (Å²) in [6.07, 6.45) is 2.17. The first-order valence-corrected chi connectivity index (χ1v) is 5.56. The SMILES string of the molecule is Cc1cc(Br)cc(OCC2(N)CC2)c1. The van der Waals surface area contributed by atoms with Gasteiger partial charge in [0.05, 0.1) is 5.54 Å². The molecular formula is C11H14BrNO. The van der Waals surface area contributed by atoms with E-state index in [0.717, 1.165) is 23.1 Å². The molecule has 2 rings (SSSR count). The molecule has 0 unspecified atom stereocenters. The second-order valence-electron chi connectivity index (χ2n) is 4.12. The summed E-state index contributed by atoms with van der Waals surface area (Å²) in [5, 5.41) is 0. The maximum absolute atomic E-state index is 5.93. The summed E-state index contributed by atoms with van der Waals surface area (Å²) in [5.41, 5.74) is 7.08. The van der Waals surface area contributed by atoms with Gasteiger partial charge < -0.3 is 10.5 Å². The number of hydrogen-bond donors (Lipinski definition) is 1. The predicted molar refractivity (Wildman–Crippen MR) is 60.5 cm³/mol. The molecule has 0 bridgehead atoms. The van der Waals surface area contributed by atoms with Gasteiger partial charge in [-0.3, -0.25) is 0 Å². The van der Waals surface area contributed by atoms with Crippen molar-refractivity contribution in [3.8, 4) is 5.75 Å². The Hall–Kier alpha value is -0.540. The highest BCUT2D eigenvalue weighted by molar-refractivity contribution is 9.10. The van der Waals surface area contributed by atoms with Crippen LogP contribution in [-0.4, -0.2) is 12.1 Å². The lowest BCUT2D eigenvalue weighted by Gasteiger charge is -2.11. The van der Waals surface area contributed by atoms with E-state index < -0.39 is 0 Å². The van der Waals surface area contributed by atoms with Crippen molar-refractivity contribution < 1.29 is 4.74 Å². The molecule has 1 aliphatic rings. The van der Waals surface area contributed by atoms with Gasteiger partial charge in [0.1, 0.15) is 12.4 Å². The normalized spacial score (nSPS) is 17.9. The highest BCUT2D eigenvalue weighted by atomic mass is 79.9. The molecule has 0 aliphatic heterocycles. The first-order valence-electron chi connectivity index (χ1n) is 4.76. The first kappa shape index (κ1) is 9.99. The Bertz CT molecular complexity index is 327. The molecule has 1 aromatic carbocycles. The van der Waals surface area contributed by atoms with Gasteiger partial charge in [0.2, 0.25) is 0 Å². The monoisotopic (exact) mass is 255 g/mol. The fourth-order valence-corrected chi connectivity index (χ4v) is 1.90. The Balaban J connectivity index is 2.01. The van der Waals surface area contributed by atoms with Gasteiger partial charge in [-0.25, -0.2) is 0 Å². The first-order chi connectivity index (χ1) is 6.57. The van der Waals surface area contributed by atoms with Crippen LogP contribution < -0.4 is 10.5 Å². The number of halogens is 1. The molecule has 76 valence electrons. The van der Waals surface area contributed by atoms with Crippen LogP contribution in [0.15, 0.2) is 22.7 Å². The fraction of sp³-hybridized carbons (Fsp3) is 0.455. The highest BCUT2D eigenvalue weighted by Crippen LogP contribution is 2.33. The molecule has 0 amide bonds. The van der Waals surface area contributed by atoms with Gasteiger partial charge in [0.25, 0.3) is 0 Å². The van der Waals surface area contributed by atoms with Crippen LogP contribution in [-0.2, 0) is 0 Å². The molecule has 3 heteroatoms. The molecule has 1 aromatic rings. The summed E-state index contributed by atoms with van der Waals surface area (Å²) in [4.78, 5) is 0. The number of aryl methyl sites for hydroxylation is 1. The molecule has 0 aromatic heterocycles. The van der Waals surface area contributed by atoms with Gasteiger partial charge in [-0.1, -0.05) is 15.9 Å². The van der Waals surface area contributed by atoms with Crippen LogP contribution >= 0.6 is 15.9 Å². The van der Waals surface area contributed by atoms with E-state index in [-0.39, 0.29) is 5.54 Å². The van der Waals surface area contributed by atoms with Crippen LogP contribution in [0.1, 0.15) is 18.4 Å². The second-order valence-corrected chi connectivity index (χ2v) is 5.03. The molecule has 0 heterocycles. The average molecular weight is 256 g/mol. The van der Waals surface area contributed by atoms with Gasteiger partial charge in [-0.15, -0.1) is 0 Å². The Labute approximate surface area is 92.6 Å². The molecule has 1 saturated carbocycles. The Kier molecular flexibility index (Phi) is 2.54. The van der Waals surface area contributed by atoms with Crippen LogP contribution in [0.2, 0.25) is 0 Å². The van der Waals surface area contributed by atoms with E-state index in [0.29, 0.717) is 6.61 Å². The van der Waals surface area contributed by atoms with Crippen LogP contribution in [0.25, 0.3) is 0 Å². The van der Waals surface area contributed by atoms with E-state index in [9.17, 15) is 0 Å². The maximum atomic E-state index is 5.93. The lowest BCUT2D eigenvalue weighted by molar-refractivity contribution is 0.279. The molecule has 2 nitrogen and oxygen atoms in total. The van der Waals surface area contributed by atoms with Crippen molar-refractivity contribution >= 4 is 15.9 Å². The Morgan fingerprint density at radius 2 is 2.14 bits per heavy atom. The smallest absolute Gasteiger partial charge is 0.120 e. The van der Waals surface area contributed by atoms with Gasteiger partial charge in [0, 0.05) is 4.47 Å². The predicted octanol–water partition coefficient (Wildman–Crippen LogP) is 2.63. The van der Waals surface area contributed by atoms with Crippen molar-refractivity contribution in [2.75, 3.05) is 6.61 Å². The molecule has 1 fully saturated rings. The summed E-state index contributed by atoms with van der Waals surface area (Å²) < 4.78 is 6.69. The summed E-state index contributed by atoms with van der Waals surface area (Å²) in [7, 11) is 0. The average Bonchev–Trinajstić information content (AvgIpc) is 2.80. The number of ether oxygens (including phenoxy) is 1. The molecule has 0 atom stereocenters. The summed E-state index contributed by atoms with van der Waals surface area (Å²) in [6.45, 7) is 2.68. The minimum absolute atomic E-state index is 0.0454. The summed E-state index contributed by atoms with van der Waals surface area (Å²) >= 11 is 3.44. The highest BCUT2D eigenvalue weighted by Gasteiger charge is 2.39. The van der Waals surface area contributed by atoms with E-state index in [1.165, 1.54) is 5.56 Å². The molecule has 0 saturated heterocycles. The molecule has 1 aliphatic carbocycles. The van der Waals surface area contributed by atoms with Crippen LogP contribution in [0.3, 0.4) is 0 Å². The maximum Gasteiger partial charge on any atom is 0.120 e. The molecule has 0 radical (unpaired) electrons. The van der Waals surface area contributed by atoms with Crippen molar-refractivity contribution in [3.63, 3.8) is 0 Å². The van der Waals surface area contributed by atoms with E-state index >= 15 is 0 Å². The lowest BCUT2D eigenvalue weighted by atomic mass is 10.2. The quantitative estimate of drug-likeness (QED) is 0.902. The van der Waals surface area contributed by atoms with Gasteiger partial charge >= 0.3 is 0 Å². The minimum atomic E-state index is -0.0454. The van der Waals surface area contributed by atoms with Crippen molar-refractivity contribution in [2.45, 2.75) is 25.3 Å². The topological polar surface area (TPSA) is 35.2 Å². The zero-order chi connectivity index (χ0) is 10.2. The molecule has 2 N–H and O–H groups in total. The zero-order valence-corrected chi connectivity index (χ0v) is 9.80. The Morgan fingerprint density at radius 1 is 1.43 bits per heavy atom. The number of benzene rings is 1. The van der Waals surface area contributed by atoms with Gasteiger partial charge in [0.15, 0.2) is 0 Å². The van der Waals surface area contributed by atoms with Crippen molar-refractivity contribution in [1.29, 1.82) is 0 Å². The summed E-state index contributed by atoms with van der Waals surface area (Å²) in [5.74, 6) is 0.897. The molecule has 0 spiro atoms. The van der Waals surface area contributed by atoms with Crippen molar-refractivity contribution in [3.05, 3.63) is 28.2 Å². The van der Waals surface area contributed by atoms with Gasteiger partial charge in [-0.2, -0.15) is 0 Å². The third-order valence-corrected chi connectivity index (χ3v) is 2.89. The number of nitrogens with two attached hydrogens (primary N) is 1. The van der Waals surface area contributed by atoms with Crippen LogP contribution in [0.4, 0.5) is 0 Å². The van der Waals surface area contributed by atoms with Crippen LogP contribution in [0.5, 0.6) is 5.75 Å².